The van der Waals surface area contributed by atoms with E-state index >= 15 is 0 Å². The van der Waals surface area contributed by atoms with Gasteiger partial charge in [-0.05, 0) is 43.9 Å². The van der Waals surface area contributed by atoms with Crippen LogP contribution in [-0.4, -0.2) is 71.5 Å². The number of sulfone groups is 2. The summed E-state index contributed by atoms with van der Waals surface area (Å²) < 4.78 is 52.7. The average Bonchev–Trinajstić information content (AvgIpc) is 3.78. The van der Waals surface area contributed by atoms with E-state index < -0.39 is 19.7 Å². The van der Waals surface area contributed by atoms with Gasteiger partial charge in [-0.2, -0.15) is 0 Å². The second-order valence-corrected chi connectivity index (χ2v) is 22.5. The molecule has 2 heterocycles. The molecule has 340 valence electrons. The second-order valence-electron chi connectivity index (χ2n) is 17.9. The van der Waals surface area contributed by atoms with Crippen molar-refractivity contribution in [2.45, 2.75) is 194 Å². The van der Waals surface area contributed by atoms with Crippen LogP contribution in [0.5, 0.6) is 0 Å². The monoisotopic (exact) mass is 875 g/mol. The molecule has 0 fully saturated rings. The van der Waals surface area contributed by atoms with E-state index in [-0.39, 0.29) is 65.9 Å². The molecule has 0 atom stereocenters. The van der Waals surface area contributed by atoms with Gasteiger partial charge >= 0.3 is 0 Å². The van der Waals surface area contributed by atoms with Crippen LogP contribution in [0.15, 0.2) is 24.3 Å². The number of aromatic nitrogens is 4. The maximum absolute atomic E-state index is 13.1. The molecule has 0 unspecified atom stereocenters. The molecule has 0 saturated heterocycles. The van der Waals surface area contributed by atoms with E-state index in [4.69, 9.17) is 0 Å². The average molecular weight is 875 g/mol. The number of rotatable bonds is 33. The van der Waals surface area contributed by atoms with Gasteiger partial charge in [0.2, 0.25) is 11.8 Å². The molecule has 3 rings (SSSR count). The minimum absolute atomic E-state index is 0.0253. The molecule has 60 heavy (non-hydrogen) atoms. The highest BCUT2D eigenvalue weighted by molar-refractivity contribution is 7.91. The number of anilines is 2. The van der Waals surface area contributed by atoms with Crippen LogP contribution < -0.4 is 10.6 Å². The van der Waals surface area contributed by atoms with Gasteiger partial charge in [0.05, 0.1) is 23.0 Å². The summed E-state index contributed by atoms with van der Waals surface area (Å²) in [5.74, 6) is -0.0133. The third kappa shape index (κ3) is 20.5. The molecule has 0 aliphatic rings. The molecule has 0 spiro atoms. The minimum atomic E-state index is -3.26. The predicted octanol–water partition coefficient (Wildman–Crippen LogP) is 11.1. The van der Waals surface area contributed by atoms with Gasteiger partial charge in [0, 0.05) is 47.0 Å². The number of nitrogens with one attached hydrogen (secondary N) is 3. The van der Waals surface area contributed by atoms with E-state index in [1.54, 1.807) is 22.7 Å². The summed E-state index contributed by atoms with van der Waals surface area (Å²) in [5, 5.41) is 17.9. The van der Waals surface area contributed by atoms with Crippen molar-refractivity contribution in [3.63, 3.8) is 0 Å². The Balaban J connectivity index is 1.54. The predicted molar refractivity (Wildman–Crippen MR) is 248 cm³/mol. The molecular weight excluding hydrogens is 797 g/mol. The number of hydrogen-bond acceptors (Lipinski definition) is 8. The first-order chi connectivity index (χ1) is 28.6. The van der Waals surface area contributed by atoms with Crippen molar-refractivity contribution in [2.75, 3.05) is 33.6 Å². The smallest absolute Gasteiger partial charge is 0.224 e. The Bertz CT molecular complexity index is 1840. The molecule has 12 nitrogen and oxygen atoms in total. The topological polar surface area (TPSA) is 172 Å². The first-order valence-electron chi connectivity index (χ1n) is 23.2. The number of carbonyl (C=O) groups excluding carboxylic acids is 2. The van der Waals surface area contributed by atoms with E-state index in [2.05, 4.69) is 60.5 Å². The molecule has 2 amide bonds. The maximum atomic E-state index is 13.1. The van der Waals surface area contributed by atoms with Crippen molar-refractivity contribution in [3.05, 3.63) is 30.0 Å². The number of amides is 2. The molecule has 1 aromatic carbocycles. The van der Waals surface area contributed by atoms with E-state index in [0.717, 1.165) is 44.2 Å². The number of carbonyl (C=O) groups is 2. The van der Waals surface area contributed by atoms with Crippen LogP contribution in [0.3, 0.4) is 0 Å². The van der Waals surface area contributed by atoms with Crippen molar-refractivity contribution < 1.29 is 26.4 Å². The molecule has 0 radical (unpaired) electrons. The lowest BCUT2D eigenvalue weighted by molar-refractivity contribution is -0.117. The summed E-state index contributed by atoms with van der Waals surface area (Å²) in [6.07, 6.45) is 23.1. The summed E-state index contributed by atoms with van der Waals surface area (Å²) in [7, 11) is -6.52. The minimum Gasteiger partial charge on any atom is -0.326 e. The SMILES string of the molecule is CCCCCCCCCCCCS(=O)(=O)CCCC(=O)Nc1cc(NC(=O)CCCS(=O)(=O)CCCCCCCCCCCC)cc(-c2nnc3cc(C(C)(C)C)[nH]n23)c1. The summed E-state index contributed by atoms with van der Waals surface area (Å²) in [6, 6.07) is 7.05. The van der Waals surface area contributed by atoms with Crippen LogP contribution in [-0.2, 0) is 34.7 Å². The molecule has 0 aliphatic heterocycles. The van der Waals surface area contributed by atoms with Gasteiger partial charge in [0.15, 0.2) is 11.5 Å². The molecule has 0 aliphatic carbocycles. The van der Waals surface area contributed by atoms with Crippen molar-refractivity contribution in [2.24, 2.45) is 0 Å². The van der Waals surface area contributed by atoms with E-state index in [1.165, 1.54) is 77.0 Å². The van der Waals surface area contributed by atoms with Crippen LogP contribution in [0.25, 0.3) is 17.0 Å². The molecule has 3 N–H and O–H groups in total. The van der Waals surface area contributed by atoms with Gasteiger partial charge in [0.25, 0.3) is 0 Å². The fourth-order valence-corrected chi connectivity index (χ4v) is 10.3. The van der Waals surface area contributed by atoms with E-state index in [1.807, 2.05) is 6.07 Å². The Hall–Kier alpha value is -3.26. The van der Waals surface area contributed by atoms with Crippen LogP contribution in [0.1, 0.15) is 194 Å². The number of aromatic amines is 1. The Morgan fingerprint density at radius 1 is 0.550 bits per heavy atom. The second kappa shape index (κ2) is 26.9. The lowest BCUT2D eigenvalue weighted by Gasteiger charge is -2.15. The lowest BCUT2D eigenvalue weighted by Crippen LogP contribution is -2.17. The van der Waals surface area contributed by atoms with Crippen molar-refractivity contribution >= 4 is 48.5 Å². The fraction of sp³-hybridized carbons (Fsp3) is 0.739. The normalized spacial score (nSPS) is 12.3. The molecule has 14 heteroatoms. The van der Waals surface area contributed by atoms with Gasteiger partial charge in [-0.15, -0.1) is 10.2 Å². The third-order valence-corrected chi connectivity index (χ3v) is 14.7. The molecular formula is C46H78N6O6S2. The van der Waals surface area contributed by atoms with E-state index in [9.17, 15) is 26.4 Å². The summed E-state index contributed by atoms with van der Waals surface area (Å²) >= 11 is 0. The van der Waals surface area contributed by atoms with Crippen LogP contribution in [0.2, 0.25) is 0 Å². The number of nitrogens with zero attached hydrogens (tertiary/aromatic N) is 3. The van der Waals surface area contributed by atoms with Crippen molar-refractivity contribution in [3.8, 4) is 11.4 Å². The number of benzene rings is 1. The number of H-pyrrole nitrogens is 1. The summed E-state index contributed by atoms with van der Waals surface area (Å²) in [4.78, 5) is 26.3. The van der Waals surface area contributed by atoms with Gasteiger partial charge in [-0.1, -0.05) is 150 Å². The first-order valence-corrected chi connectivity index (χ1v) is 26.9. The van der Waals surface area contributed by atoms with Crippen LogP contribution >= 0.6 is 0 Å². The standard InChI is InChI=1S/C46H78N6O6S2/c1-6-8-10-12-14-16-18-20-22-24-30-59(55,56)32-26-28-43(53)47-39-34-38(45-50-49-42-37-41(46(3,4)5)51-52(42)45)35-40(36-39)48-44(54)29-27-33-60(57,58)31-25-23-21-19-17-15-13-11-9-7-2/h34-37,51H,6-33H2,1-5H3,(H,47,53)(H,48,54). The third-order valence-electron chi connectivity index (χ3n) is 11.1. The zero-order chi connectivity index (χ0) is 43.9. The molecule has 0 bridgehead atoms. The fourth-order valence-electron chi connectivity index (χ4n) is 7.43. The molecule has 2 aromatic heterocycles. The molecule has 0 saturated carbocycles. The Morgan fingerprint density at radius 3 is 1.33 bits per heavy atom. The van der Waals surface area contributed by atoms with Gasteiger partial charge in [-0.3, -0.25) is 14.7 Å². The van der Waals surface area contributed by atoms with Crippen molar-refractivity contribution in [1.82, 2.24) is 19.8 Å². The quantitative estimate of drug-likeness (QED) is 0.0507. The number of unbranched alkanes of at least 4 members (excludes halogenated alkanes) is 18. The molecule has 3 aromatic rings. The zero-order valence-electron chi connectivity index (χ0n) is 37.7. The highest BCUT2D eigenvalue weighted by Crippen LogP contribution is 2.29. The van der Waals surface area contributed by atoms with Crippen LogP contribution in [0, 0.1) is 0 Å². The first kappa shape index (κ1) is 51.1. The highest BCUT2D eigenvalue weighted by Gasteiger charge is 2.21. The zero-order valence-corrected chi connectivity index (χ0v) is 39.3. The number of hydrogen-bond donors (Lipinski definition) is 3. The Morgan fingerprint density at radius 2 is 0.933 bits per heavy atom. The summed E-state index contributed by atoms with van der Waals surface area (Å²) in [6.45, 7) is 10.7. The Labute approximate surface area is 362 Å². The highest BCUT2D eigenvalue weighted by atomic mass is 32.2. The lowest BCUT2D eigenvalue weighted by atomic mass is 9.93. The summed E-state index contributed by atoms with van der Waals surface area (Å²) in [5.41, 5.74) is 2.79. The number of fused-ring (bicyclic) bond motifs is 1. The van der Waals surface area contributed by atoms with Gasteiger partial charge in [0.1, 0.15) is 19.7 Å². The van der Waals surface area contributed by atoms with E-state index in [0.29, 0.717) is 41.3 Å². The maximum Gasteiger partial charge on any atom is 0.224 e. The van der Waals surface area contributed by atoms with Crippen molar-refractivity contribution in [1.29, 1.82) is 0 Å². The van der Waals surface area contributed by atoms with Gasteiger partial charge < -0.3 is 10.6 Å². The Kier molecular flexibility index (Phi) is 22.9. The van der Waals surface area contributed by atoms with Gasteiger partial charge in [-0.25, -0.2) is 21.4 Å². The largest absolute Gasteiger partial charge is 0.326 e. The van der Waals surface area contributed by atoms with Crippen LogP contribution in [0.4, 0.5) is 11.4 Å².